The first-order chi connectivity index (χ1) is 9.31. The number of aromatic nitrogens is 2. The Kier molecular flexibility index (Phi) is 5.42. The van der Waals surface area contributed by atoms with Gasteiger partial charge in [-0.2, -0.15) is 0 Å². The number of amides is 2. The van der Waals surface area contributed by atoms with E-state index in [1.807, 2.05) is 6.92 Å². The van der Waals surface area contributed by atoms with Crippen LogP contribution in [0.3, 0.4) is 0 Å². The van der Waals surface area contributed by atoms with Crippen molar-refractivity contribution in [3.05, 3.63) is 23.8 Å². The number of nitrogens with one attached hydrogen (secondary N) is 1. The van der Waals surface area contributed by atoms with Crippen LogP contribution in [-0.2, 0) is 11.3 Å². The number of nitrogens with zero attached hydrogens (tertiary/aromatic N) is 3. The summed E-state index contributed by atoms with van der Waals surface area (Å²) in [4.78, 5) is 32.6. The summed E-state index contributed by atoms with van der Waals surface area (Å²) in [6, 6.07) is -1.36. The Balaban J connectivity index is 2.65. The second-order valence-electron chi connectivity index (χ2n) is 5.02. The van der Waals surface area contributed by atoms with Crippen molar-refractivity contribution in [1.82, 2.24) is 20.2 Å². The van der Waals surface area contributed by atoms with Gasteiger partial charge in [0.05, 0.1) is 24.1 Å². The van der Waals surface area contributed by atoms with E-state index >= 15 is 0 Å². The molecule has 0 aromatic carbocycles. The van der Waals surface area contributed by atoms with Crippen LogP contribution in [0.25, 0.3) is 0 Å². The minimum Gasteiger partial charge on any atom is -0.480 e. The summed E-state index contributed by atoms with van der Waals surface area (Å²) < 4.78 is 0. The highest BCUT2D eigenvalue weighted by molar-refractivity contribution is 5.82. The van der Waals surface area contributed by atoms with Gasteiger partial charge in [-0.25, -0.2) is 9.59 Å². The van der Waals surface area contributed by atoms with Crippen molar-refractivity contribution in [3.8, 4) is 0 Å². The van der Waals surface area contributed by atoms with Crippen LogP contribution in [0.2, 0.25) is 0 Å². The van der Waals surface area contributed by atoms with Crippen molar-refractivity contribution < 1.29 is 14.7 Å². The van der Waals surface area contributed by atoms with Crippen molar-refractivity contribution in [3.63, 3.8) is 0 Å². The van der Waals surface area contributed by atoms with Gasteiger partial charge in [-0.1, -0.05) is 13.8 Å². The molecule has 1 heterocycles. The number of carboxylic acid groups (broad SMARTS) is 1. The molecule has 0 aliphatic carbocycles. The second kappa shape index (κ2) is 6.83. The average Bonchev–Trinajstić information content (AvgIpc) is 2.34. The molecule has 0 saturated heterocycles. The standard InChI is InChI=1S/C13H20N4O3/c1-8(2)11(12(18)19)16-13(20)17(4)7-10-6-14-5-9(3)15-10/h5-6,8,11H,7H2,1-4H3,(H,16,20)(H,18,19)/t11-/m0/s1. The molecule has 2 amide bonds. The van der Waals surface area contributed by atoms with E-state index in [1.54, 1.807) is 33.3 Å². The number of hydrogen-bond donors (Lipinski definition) is 2. The van der Waals surface area contributed by atoms with E-state index in [1.165, 1.54) is 4.90 Å². The molecule has 1 aromatic heterocycles. The minimum atomic E-state index is -1.04. The predicted molar refractivity (Wildman–Crippen MR) is 73.0 cm³/mol. The lowest BCUT2D eigenvalue weighted by Gasteiger charge is -2.23. The van der Waals surface area contributed by atoms with E-state index in [4.69, 9.17) is 5.11 Å². The van der Waals surface area contributed by atoms with Gasteiger partial charge in [0.1, 0.15) is 6.04 Å². The van der Waals surface area contributed by atoms with Gasteiger partial charge in [0.25, 0.3) is 0 Å². The second-order valence-corrected chi connectivity index (χ2v) is 5.02. The van der Waals surface area contributed by atoms with E-state index in [9.17, 15) is 9.59 Å². The smallest absolute Gasteiger partial charge is 0.326 e. The summed E-state index contributed by atoms with van der Waals surface area (Å²) in [6.07, 6.45) is 3.21. The zero-order valence-electron chi connectivity index (χ0n) is 12.1. The highest BCUT2D eigenvalue weighted by atomic mass is 16.4. The third-order valence-corrected chi connectivity index (χ3v) is 2.76. The van der Waals surface area contributed by atoms with Crippen molar-refractivity contribution in [2.75, 3.05) is 7.05 Å². The molecule has 2 N–H and O–H groups in total. The molecular formula is C13H20N4O3. The number of rotatable bonds is 5. The third-order valence-electron chi connectivity index (χ3n) is 2.76. The van der Waals surface area contributed by atoms with E-state index in [2.05, 4.69) is 15.3 Å². The molecule has 1 rings (SSSR count). The van der Waals surface area contributed by atoms with Gasteiger partial charge < -0.3 is 15.3 Å². The molecule has 0 bridgehead atoms. The lowest BCUT2D eigenvalue weighted by Crippen LogP contribution is -2.48. The summed E-state index contributed by atoms with van der Waals surface area (Å²) in [5.41, 5.74) is 1.42. The van der Waals surface area contributed by atoms with Crippen molar-refractivity contribution in [2.45, 2.75) is 33.4 Å². The van der Waals surface area contributed by atoms with Gasteiger partial charge >= 0.3 is 12.0 Å². The highest BCUT2D eigenvalue weighted by Crippen LogP contribution is 2.04. The maximum absolute atomic E-state index is 12.0. The van der Waals surface area contributed by atoms with Crippen LogP contribution >= 0.6 is 0 Å². The number of aliphatic carboxylic acids is 1. The summed E-state index contributed by atoms with van der Waals surface area (Å²) >= 11 is 0. The molecule has 0 unspecified atom stereocenters. The Bertz CT molecular complexity index is 490. The predicted octanol–water partition coefficient (Wildman–Crippen LogP) is 1.04. The first kappa shape index (κ1) is 15.9. The van der Waals surface area contributed by atoms with Gasteiger partial charge in [0.2, 0.25) is 0 Å². The van der Waals surface area contributed by atoms with Gasteiger partial charge in [-0.15, -0.1) is 0 Å². The molecule has 110 valence electrons. The van der Waals surface area contributed by atoms with E-state index in [0.29, 0.717) is 5.69 Å². The molecule has 7 nitrogen and oxygen atoms in total. The van der Waals surface area contributed by atoms with Crippen LogP contribution in [0.4, 0.5) is 4.79 Å². The number of carbonyl (C=O) groups is 2. The zero-order chi connectivity index (χ0) is 15.3. The molecule has 0 spiro atoms. The number of carboxylic acids is 1. The normalized spacial score (nSPS) is 12.1. The van der Waals surface area contributed by atoms with Crippen LogP contribution in [0.5, 0.6) is 0 Å². The molecule has 0 radical (unpaired) electrons. The Morgan fingerprint density at radius 3 is 2.55 bits per heavy atom. The molecule has 0 aliphatic rings. The van der Waals surface area contributed by atoms with Crippen LogP contribution in [0, 0.1) is 12.8 Å². The fourth-order valence-electron chi connectivity index (χ4n) is 1.66. The lowest BCUT2D eigenvalue weighted by molar-refractivity contribution is -0.140. The first-order valence-electron chi connectivity index (χ1n) is 6.33. The van der Waals surface area contributed by atoms with Gasteiger partial charge in [0.15, 0.2) is 0 Å². The summed E-state index contributed by atoms with van der Waals surface area (Å²) in [6.45, 7) is 5.57. The minimum absolute atomic E-state index is 0.191. The SMILES string of the molecule is Cc1cncc(CN(C)C(=O)N[C@H](C(=O)O)C(C)C)n1. The monoisotopic (exact) mass is 280 g/mol. The number of urea groups is 1. The summed E-state index contributed by atoms with van der Waals surface area (Å²) in [7, 11) is 1.58. The van der Waals surface area contributed by atoms with Crippen LogP contribution in [0.15, 0.2) is 12.4 Å². The van der Waals surface area contributed by atoms with Crippen LogP contribution < -0.4 is 5.32 Å². The third kappa shape index (κ3) is 4.49. The molecule has 0 saturated carbocycles. The summed E-state index contributed by atoms with van der Waals surface area (Å²) in [5, 5.41) is 11.5. The van der Waals surface area contributed by atoms with Crippen molar-refractivity contribution in [2.24, 2.45) is 5.92 Å². The van der Waals surface area contributed by atoms with E-state index < -0.39 is 18.0 Å². The van der Waals surface area contributed by atoms with Crippen LogP contribution in [-0.4, -0.2) is 45.1 Å². The molecule has 0 aliphatic heterocycles. The summed E-state index contributed by atoms with van der Waals surface area (Å²) in [5.74, 6) is -1.24. The largest absolute Gasteiger partial charge is 0.480 e. The van der Waals surface area contributed by atoms with Gasteiger partial charge in [-0.05, 0) is 12.8 Å². The zero-order valence-corrected chi connectivity index (χ0v) is 12.1. The van der Waals surface area contributed by atoms with Gasteiger partial charge in [-0.3, -0.25) is 9.97 Å². The Morgan fingerprint density at radius 2 is 2.05 bits per heavy atom. The molecule has 7 heteroatoms. The Hall–Kier alpha value is -2.18. The highest BCUT2D eigenvalue weighted by Gasteiger charge is 2.24. The lowest BCUT2D eigenvalue weighted by atomic mass is 10.1. The topological polar surface area (TPSA) is 95.4 Å². The Labute approximate surface area is 118 Å². The fourth-order valence-corrected chi connectivity index (χ4v) is 1.66. The maximum Gasteiger partial charge on any atom is 0.326 e. The maximum atomic E-state index is 12.0. The quantitative estimate of drug-likeness (QED) is 0.840. The molecule has 1 atom stereocenters. The van der Waals surface area contributed by atoms with Crippen LogP contribution in [0.1, 0.15) is 25.2 Å². The van der Waals surface area contributed by atoms with E-state index in [0.717, 1.165) is 5.69 Å². The molecule has 0 fully saturated rings. The van der Waals surface area contributed by atoms with Crippen molar-refractivity contribution in [1.29, 1.82) is 0 Å². The first-order valence-corrected chi connectivity index (χ1v) is 6.33. The molecular weight excluding hydrogens is 260 g/mol. The number of carbonyl (C=O) groups excluding carboxylic acids is 1. The van der Waals surface area contributed by atoms with Crippen molar-refractivity contribution >= 4 is 12.0 Å². The Morgan fingerprint density at radius 1 is 1.40 bits per heavy atom. The number of hydrogen-bond acceptors (Lipinski definition) is 4. The molecule has 1 aromatic rings. The number of aryl methyl sites for hydroxylation is 1. The van der Waals surface area contributed by atoms with Gasteiger partial charge in [0, 0.05) is 13.2 Å². The fraction of sp³-hybridized carbons (Fsp3) is 0.538. The van der Waals surface area contributed by atoms with E-state index in [-0.39, 0.29) is 12.5 Å². The average molecular weight is 280 g/mol. The molecule has 20 heavy (non-hydrogen) atoms.